The van der Waals surface area contributed by atoms with Gasteiger partial charge in [-0.25, -0.2) is 4.79 Å². The molecular weight excluding hydrogens is 312 g/mol. The summed E-state index contributed by atoms with van der Waals surface area (Å²) in [5.74, 6) is -0.864. The maximum Gasteiger partial charge on any atom is 0.335 e. The molecule has 0 spiro atoms. The van der Waals surface area contributed by atoms with Crippen LogP contribution in [0.5, 0.6) is 0 Å². The minimum Gasteiger partial charge on any atom is -0.478 e. The summed E-state index contributed by atoms with van der Waals surface area (Å²) >= 11 is 0. The van der Waals surface area contributed by atoms with Gasteiger partial charge in [-0.05, 0) is 42.8 Å². The Hall–Kier alpha value is -2.59. The fraction of sp³-hybridized carbons (Fsp3) is 0.286. The number of aromatic carboxylic acids is 1. The van der Waals surface area contributed by atoms with E-state index in [0.29, 0.717) is 5.56 Å². The van der Waals surface area contributed by atoms with Crippen molar-refractivity contribution in [1.82, 2.24) is 9.47 Å². The van der Waals surface area contributed by atoms with E-state index in [4.69, 9.17) is 0 Å². The zero-order valence-corrected chi connectivity index (χ0v) is 14.4. The molecule has 4 heteroatoms. The van der Waals surface area contributed by atoms with Crippen molar-refractivity contribution in [3.8, 4) is 0 Å². The minimum absolute atomic E-state index is 0.365. The minimum atomic E-state index is -0.864. The van der Waals surface area contributed by atoms with Crippen molar-refractivity contribution in [2.45, 2.75) is 25.9 Å². The van der Waals surface area contributed by atoms with Crippen LogP contribution in [0.3, 0.4) is 0 Å². The first-order chi connectivity index (χ1) is 12.1. The van der Waals surface area contributed by atoms with E-state index in [-0.39, 0.29) is 0 Å². The standard InChI is InChI=1S/C21H22N2O2/c1-22-11-10-20-18(14-22)17-13-16(21(24)25)7-8-19(17)23(20)12-9-15-5-3-2-4-6-15/h2-8,13H,9-12,14H2,1H3,(H,24,25). The van der Waals surface area contributed by atoms with Gasteiger partial charge in [0, 0.05) is 42.7 Å². The number of rotatable bonds is 4. The molecular formula is C21H22N2O2. The zero-order chi connectivity index (χ0) is 17.4. The molecule has 1 aromatic heterocycles. The third-order valence-corrected chi connectivity index (χ3v) is 5.16. The number of likely N-dealkylation sites (N-methyl/N-ethyl adjacent to an activating group) is 1. The summed E-state index contributed by atoms with van der Waals surface area (Å²) in [6.45, 7) is 2.85. The van der Waals surface area contributed by atoms with Crippen LogP contribution in [0.2, 0.25) is 0 Å². The molecule has 0 radical (unpaired) electrons. The Morgan fingerprint density at radius 1 is 1.16 bits per heavy atom. The fourth-order valence-electron chi connectivity index (χ4n) is 3.86. The second-order valence-corrected chi connectivity index (χ2v) is 6.84. The van der Waals surface area contributed by atoms with Gasteiger partial charge in [0.1, 0.15) is 0 Å². The van der Waals surface area contributed by atoms with Gasteiger partial charge < -0.3 is 14.6 Å². The highest BCUT2D eigenvalue weighted by Gasteiger charge is 2.23. The first kappa shape index (κ1) is 15.9. The van der Waals surface area contributed by atoms with Crippen LogP contribution in [-0.4, -0.2) is 34.1 Å². The van der Waals surface area contributed by atoms with E-state index in [1.807, 2.05) is 18.2 Å². The van der Waals surface area contributed by atoms with Gasteiger partial charge in [-0.15, -0.1) is 0 Å². The van der Waals surface area contributed by atoms with Crippen LogP contribution in [0.25, 0.3) is 10.9 Å². The van der Waals surface area contributed by atoms with Crippen molar-refractivity contribution in [2.75, 3.05) is 13.6 Å². The summed E-state index contributed by atoms with van der Waals surface area (Å²) < 4.78 is 2.40. The summed E-state index contributed by atoms with van der Waals surface area (Å²) in [6.07, 6.45) is 1.99. The van der Waals surface area contributed by atoms with Crippen LogP contribution >= 0.6 is 0 Å². The van der Waals surface area contributed by atoms with Gasteiger partial charge in [0.25, 0.3) is 0 Å². The monoisotopic (exact) mass is 334 g/mol. The number of fused-ring (bicyclic) bond motifs is 3. The smallest absolute Gasteiger partial charge is 0.335 e. The summed E-state index contributed by atoms with van der Waals surface area (Å²) in [5.41, 5.74) is 5.50. The van der Waals surface area contributed by atoms with Crippen LogP contribution in [-0.2, 0) is 25.9 Å². The number of nitrogens with zero attached hydrogens (tertiary/aromatic N) is 2. The molecule has 4 nitrogen and oxygen atoms in total. The maximum atomic E-state index is 11.4. The highest BCUT2D eigenvalue weighted by atomic mass is 16.4. The molecule has 3 aromatic rings. The van der Waals surface area contributed by atoms with E-state index in [0.717, 1.165) is 43.4 Å². The fourth-order valence-corrected chi connectivity index (χ4v) is 3.86. The zero-order valence-electron chi connectivity index (χ0n) is 14.4. The topological polar surface area (TPSA) is 45.5 Å². The Morgan fingerprint density at radius 3 is 2.72 bits per heavy atom. The molecule has 0 amide bonds. The summed E-state index contributed by atoms with van der Waals surface area (Å²) in [6, 6.07) is 16.1. The molecule has 0 unspecified atom stereocenters. The third kappa shape index (κ3) is 2.94. The second-order valence-electron chi connectivity index (χ2n) is 6.84. The lowest BCUT2D eigenvalue weighted by atomic mass is 10.0. The van der Waals surface area contributed by atoms with E-state index in [2.05, 4.69) is 40.8 Å². The molecule has 0 atom stereocenters. The Bertz CT molecular complexity index is 928. The van der Waals surface area contributed by atoms with Crippen LogP contribution in [0.15, 0.2) is 48.5 Å². The van der Waals surface area contributed by atoms with Gasteiger partial charge in [-0.3, -0.25) is 0 Å². The molecule has 2 aromatic carbocycles. The first-order valence-corrected chi connectivity index (χ1v) is 8.73. The van der Waals surface area contributed by atoms with Gasteiger partial charge in [0.05, 0.1) is 5.56 Å². The molecule has 0 aliphatic carbocycles. The quantitative estimate of drug-likeness (QED) is 0.793. The molecule has 1 aliphatic rings. The van der Waals surface area contributed by atoms with Crippen molar-refractivity contribution in [3.05, 3.63) is 70.9 Å². The van der Waals surface area contributed by atoms with E-state index in [9.17, 15) is 9.90 Å². The summed E-state index contributed by atoms with van der Waals surface area (Å²) in [5, 5.41) is 10.4. The molecule has 0 saturated carbocycles. The van der Waals surface area contributed by atoms with Crippen LogP contribution in [0, 0.1) is 0 Å². The third-order valence-electron chi connectivity index (χ3n) is 5.16. The largest absolute Gasteiger partial charge is 0.478 e. The van der Waals surface area contributed by atoms with Crippen molar-refractivity contribution in [1.29, 1.82) is 0 Å². The number of hydrogen-bond acceptors (Lipinski definition) is 2. The molecule has 1 N–H and O–H groups in total. The Morgan fingerprint density at radius 2 is 1.96 bits per heavy atom. The number of aryl methyl sites for hydroxylation is 2. The average molecular weight is 334 g/mol. The van der Waals surface area contributed by atoms with Crippen LogP contribution in [0.4, 0.5) is 0 Å². The van der Waals surface area contributed by atoms with E-state index < -0.39 is 5.97 Å². The molecule has 2 heterocycles. The molecule has 0 saturated heterocycles. The molecule has 1 aliphatic heterocycles. The normalized spacial score (nSPS) is 14.6. The Kier molecular flexibility index (Phi) is 4.06. The lowest BCUT2D eigenvalue weighted by molar-refractivity contribution is 0.0697. The number of carbonyl (C=O) groups is 1. The van der Waals surface area contributed by atoms with Crippen molar-refractivity contribution >= 4 is 16.9 Å². The molecule has 4 rings (SSSR count). The molecule has 128 valence electrons. The van der Waals surface area contributed by atoms with Crippen molar-refractivity contribution in [3.63, 3.8) is 0 Å². The highest BCUT2D eigenvalue weighted by molar-refractivity contribution is 5.95. The number of carboxylic acids is 1. The van der Waals surface area contributed by atoms with Gasteiger partial charge in [-0.2, -0.15) is 0 Å². The predicted octanol–water partition coefficient (Wildman–Crippen LogP) is 3.57. The van der Waals surface area contributed by atoms with Gasteiger partial charge >= 0.3 is 5.97 Å². The average Bonchev–Trinajstić information content (AvgIpc) is 2.93. The van der Waals surface area contributed by atoms with Crippen molar-refractivity contribution < 1.29 is 9.90 Å². The summed E-state index contributed by atoms with van der Waals surface area (Å²) in [4.78, 5) is 13.7. The molecule has 0 fully saturated rings. The summed E-state index contributed by atoms with van der Waals surface area (Å²) in [7, 11) is 2.12. The Balaban J connectivity index is 1.78. The first-order valence-electron chi connectivity index (χ1n) is 8.73. The number of carboxylic acid groups (broad SMARTS) is 1. The number of benzene rings is 2. The number of aromatic nitrogens is 1. The second kappa shape index (κ2) is 6.37. The lowest BCUT2D eigenvalue weighted by Gasteiger charge is -2.24. The van der Waals surface area contributed by atoms with Crippen molar-refractivity contribution in [2.24, 2.45) is 0 Å². The molecule has 25 heavy (non-hydrogen) atoms. The van der Waals surface area contributed by atoms with E-state index in [1.54, 1.807) is 6.07 Å². The van der Waals surface area contributed by atoms with Gasteiger partial charge in [0.15, 0.2) is 0 Å². The SMILES string of the molecule is CN1CCc2c(c3cc(C(=O)O)ccc3n2CCc2ccccc2)C1. The number of hydrogen-bond donors (Lipinski definition) is 1. The van der Waals surface area contributed by atoms with Crippen LogP contribution in [0.1, 0.15) is 27.2 Å². The van der Waals surface area contributed by atoms with E-state index >= 15 is 0 Å². The Labute approximate surface area is 147 Å². The lowest BCUT2D eigenvalue weighted by Crippen LogP contribution is -2.27. The van der Waals surface area contributed by atoms with E-state index in [1.165, 1.54) is 16.8 Å². The van der Waals surface area contributed by atoms with Gasteiger partial charge in [0.2, 0.25) is 0 Å². The molecule has 0 bridgehead atoms. The maximum absolute atomic E-state index is 11.4. The predicted molar refractivity (Wildman–Crippen MR) is 99.1 cm³/mol. The highest BCUT2D eigenvalue weighted by Crippen LogP contribution is 2.31. The van der Waals surface area contributed by atoms with Crippen LogP contribution < -0.4 is 0 Å². The van der Waals surface area contributed by atoms with Gasteiger partial charge in [-0.1, -0.05) is 30.3 Å².